The van der Waals surface area contributed by atoms with E-state index in [0.717, 1.165) is 18.4 Å². The zero-order valence-corrected chi connectivity index (χ0v) is 18.3. The summed E-state index contributed by atoms with van der Waals surface area (Å²) >= 11 is 0. The van der Waals surface area contributed by atoms with E-state index in [9.17, 15) is 8.42 Å². The van der Waals surface area contributed by atoms with Crippen molar-refractivity contribution in [3.63, 3.8) is 0 Å². The number of rotatable bonds is 12. The van der Waals surface area contributed by atoms with Gasteiger partial charge in [-0.1, -0.05) is 76.8 Å². The molecule has 1 aromatic carbocycles. The van der Waals surface area contributed by atoms with Crippen LogP contribution in [0.5, 0.6) is 0 Å². The summed E-state index contributed by atoms with van der Waals surface area (Å²) in [4.78, 5) is -0.0284. The van der Waals surface area contributed by atoms with Crippen molar-refractivity contribution in [3.8, 4) is 0 Å². The summed E-state index contributed by atoms with van der Waals surface area (Å²) in [7, 11) is -4.06. The molecule has 0 bridgehead atoms. The Morgan fingerprint density at radius 3 is 1.65 bits per heavy atom. The Labute approximate surface area is 154 Å². The van der Waals surface area contributed by atoms with Gasteiger partial charge in [0.1, 0.15) is 0 Å². The van der Waals surface area contributed by atoms with Crippen molar-refractivity contribution in [3.05, 3.63) is 29.8 Å². The standard InChI is InChI=1S/C18H30O3S.Zn/c1-2-3-4-5-6-7-8-9-10-11-12-17-13-15-18(16-14-17)22(19,20)21;/h13-16H,2-12H2,1H3,(H,19,20,21);/q;+2. The third kappa shape index (κ3) is 11.0. The maximum absolute atomic E-state index is 10.9. The molecule has 1 N–H and O–H groups in total. The summed E-state index contributed by atoms with van der Waals surface area (Å²) in [6.07, 6.45) is 14.1. The van der Waals surface area contributed by atoms with E-state index in [-0.39, 0.29) is 24.4 Å². The van der Waals surface area contributed by atoms with Crippen molar-refractivity contribution in [2.75, 3.05) is 0 Å². The number of aryl methyl sites for hydroxylation is 1. The maximum atomic E-state index is 10.9. The number of hydrogen-bond donors (Lipinski definition) is 1. The van der Waals surface area contributed by atoms with Gasteiger partial charge in [0.05, 0.1) is 4.90 Å². The van der Waals surface area contributed by atoms with Crippen molar-refractivity contribution in [2.45, 2.75) is 82.4 Å². The molecule has 0 aliphatic carbocycles. The van der Waals surface area contributed by atoms with Gasteiger partial charge in [-0.05, 0) is 30.5 Å². The summed E-state index contributed by atoms with van der Waals surface area (Å²) in [5.74, 6) is 0. The maximum Gasteiger partial charge on any atom is 2.00 e. The van der Waals surface area contributed by atoms with Crippen LogP contribution in [0.15, 0.2) is 29.2 Å². The van der Waals surface area contributed by atoms with Crippen molar-refractivity contribution in [2.24, 2.45) is 0 Å². The molecular formula is C18H30O3SZn+2. The first-order valence-corrected chi connectivity index (χ1v) is 10.0. The Bertz CT molecular complexity index is 498. The molecule has 126 valence electrons. The average molecular weight is 392 g/mol. The fourth-order valence-electron chi connectivity index (χ4n) is 2.64. The first-order valence-electron chi connectivity index (χ1n) is 8.60. The third-order valence-electron chi connectivity index (χ3n) is 4.04. The molecule has 0 aliphatic heterocycles. The van der Waals surface area contributed by atoms with Gasteiger partial charge >= 0.3 is 19.5 Å². The van der Waals surface area contributed by atoms with Crippen LogP contribution in [-0.4, -0.2) is 13.0 Å². The minimum absolute atomic E-state index is 0. The van der Waals surface area contributed by atoms with E-state index in [2.05, 4.69) is 6.92 Å². The van der Waals surface area contributed by atoms with Gasteiger partial charge in [0.2, 0.25) is 0 Å². The van der Waals surface area contributed by atoms with Gasteiger partial charge in [-0.2, -0.15) is 8.42 Å². The van der Waals surface area contributed by atoms with Crippen LogP contribution in [0.1, 0.15) is 76.7 Å². The van der Waals surface area contributed by atoms with Crippen LogP contribution in [0.25, 0.3) is 0 Å². The summed E-state index contributed by atoms with van der Waals surface area (Å²) in [5, 5.41) is 0. The molecule has 0 aliphatic rings. The van der Waals surface area contributed by atoms with E-state index >= 15 is 0 Å². The molecule has 5 heteroatoms. The number of hydrogen-bond acceptors (Lipinski definition) is 2. The number of benzene rings is 1. The Morgan fingerprint density at radius 1 is 0.783 bits per heavy atom. The first kappa shape index (κ1) is 22.8. The summed E-state index contributed by atoms with van der Waals surface area (Å²) in [6, 6.07) is 6.52. The second-order valence-electron chi connectivity index (χ2n) is 6.05. The molecule has 1 aromatic rings. The molecule has 0 radical (unpaired) electrons. The number of unbranched alkanes of at least 4 members (excludes halogenated alkanes) is 9. The van der Waals surface area contributed by atoms with Crippen LogP contribution in [0, 0.1) is 0 Å². The Hall–Kier alpha value is -0.247. The summed E-state index contributed by atoms with van der Waals surface area (Å²) < 4.78 is 30.8. The van der Waals surface area contributed by atoms with E-state index in [1.165, 1.54) is 69.9 Å². The first-order chi connectivity index (χ1) is 10.5. The second-order valence-corrected chi connectivity index (χ2v) is 7.47. The Kier molecular flexibility index (Phi) is 12.9. The molecule has 3 nitrogen and oxygen atoms in total. The monoisotopic (exact) mass is 390 g/mol. The van der Waals surface area contributed by atoms with E-state index < -0.39 is 10.1 Å². The predicted molar refractivity (Wildman–Crippen MR) is 91.8 cm³/mol. The molecule has 23 heavy (non-hydrogen) atoms. The SMILES string of the molecule is CCCCCCCCCCCCc1ccc(S(=O)(=O)O)cc1.[Zn+2]. The van der Waals surface area contributed by atoms with Crippen LogP contribution in [-0.2, 0) is 36.0 Å². The molecule has 0 aromatic heterocycles. The van der Waals surface area contributed by atoms with Crippen molar-refractivity contribution < 1.29 is 32.4 Å². The molecule has 0 atom stereocenters. The molecule has 0 unspecified atom stereocenters. The van der Waals surface area contributed by atoms with E-state index in [0.29, 0.717) is 0 Å². The molecule has 0 heterocycles. The normalized spacial score (nSPS) is 11.2. The minimum atomic E-state index is -4.06. The largest absolute Gasteiger partial charge is 2.00 e. The van der Waals surface area contributed by atoms with E-state index in [1.54, 1.807) is 12.1 Å². The average Bonchev–Trinajstić information content (AvgIpc) is 2.49. The van der Waals surface area contributed by atoms with Crippen LogP contribution < -0.4 is 0 Å². The van der Waals surface area contributed by atoms with Gasteiger partial charge in [0, 0.05) is 0 Å². The van der Waals surface area contributed by atoms with Crippen LogP contribution in [0.2, 0.25) is 0 Å². The smallest absolute Gasteiger partial charge is 0.282 e. The summed E-state index contributed by atoms with van der Waals surface area (Å²) in [6.45, 7) is 2.25. The summed E-state index contributed by atoms with van der Waals surface area (Å²) in [5.41, 5.74) is 1.13. The second kappa shape index (κ2) is 13.1. The van der Waals surface area contributed by atoms with Crippen molar-refractivity contribution in [1.82, 2.24) is 0 Å². The van der Waals surface area contributed by atoms with Gasteiger partial charge in [-0.15, -0.1) is 0 Å². The molecule has 0 spiro atoms. The fourth-order valence-corrected chi connectivity index (χ4v) is 3.12. The molecule has 0 saturated heterocycles. The molecule has 1 rings (SSSR count). The van der Waals surface area contributed by atoms with Gasteiger partial charge in [-0.3, -0.25) is 4.55 Å². The molecule has 0 amide bonds. The van der Waals surface area contributed by atoms with Crippen molar-refractivity contribution in [1.29, 1.82) is 0 Å². The van der Waals surface area contributed by atoms with Gasteiger partial charge in [-0.25, -0.2) is 0 Å². The topological polar surface area (TPSA) is 54.4 Å². The molecule has 0 saturated carbocycles. The Morgan fingerprint density at radius 2 is 1.22 bits per heavy atom. The van der Waals surface area contributed by atoms with Gasteiger partial charge in [0.25, 0.3) is 10.1 Å². The van der Waals surface area contributed by atoms with E-state index in [4.69, 9.17) is 4.55 Å². The molecule has 0 fully saturated rings. The zero-order valence-electron chi connectivity index (χ0n) is 14.5. The minimum Gasteiger partial charge on any atom is -0.282 e. The third-order valence-corrected chi connectivity index (χ3v) is 4.91. The zero-order chi connectivity index (χ0) is 16.3. The van der Waals surface area contributed by atoms with Gasteiger partial charge < -0.3 is 0 Å². The Balaban J connectivity index is 0.00000484. The van der Waals surface area contributed by atoms with Crippen molar-refractivity contribution >= 4 is 10.1 Å². The molecular weight excluding hydrogens is 362 g/mol. The van der Waals surface area contributed by atoms with Gasteiger partial charge in [0.15, 0.2) is 0 Å². The fraction of sp³-hybridized carbons (Fsp3) is 0.667. The quantitative estimate of drug-likeness (QED) is 0.295. The van der Waals surface area contributed by atoms with Crippen LogP contribution >= 0.6 is 0 Å². The van der Waals surface area contributed by atoms with E-state index in [1.807, 2.05) is 0 Å². The van der Waals surface area contributed by atoms with Crippen LogP contribution in [0.3, 0.4) is 0 Å². The van der Waals surface area contributed by atoms with Crippen LogP contribution in [0.4, 0.5) is 0 Å². The predicted octanol–water partition coefficient (Wildman–Crippen LogP) is 5.39.